The molecule has 0 saturated carbocycles. The Morgan fingerprint density at radius 2 is 0.746 bits per heavy atom. The second-order valence-electron chi connectivity index (χ2n) is 16.0. The first-order chi connectivity index (χ1) is 31.2. The Balaban J connectivity index is 1.10. The molecule has 0 aliphatic heterocycles. The van der Waals surface area contributed by atoms with Crippen LogP contribution in [0.5, 0.6) is 0 Å². The van der Waals surface area contributed by atoms with E-state index in [1.807, 2.05) is 0 Å². The van der Waals surface area contributed by atoms with E-state index < -0.39 is 0 Å². The molecule has 12 aromatic rings. The summed E-state index contributed by atoms with van der Waals surface area (Å²) in [6.07, 6.45) is 0. The fourth-order valence-corrected chi connectivity index (χ4v) is 10.1. The van der Waals surface area contributed by atoms with Crippen LogP contribution in [-0.2, 0) is 0 Å². The molecule has 294 valence electrons. The largest absolute Gasteiger partial charge is 0.208 e. The van der Waals surface area contributed by atoms with Gasteiger partial charge in [-0.15, -0.1) is 11.3 Å². The summed E-state index contributed by atoms with van der Waals surface area (Å²) in [5.74, 6) is 1.87. The average molecular weight is 820 g/mol. The summed E-state index contributed by atoms with van der Waals surface area (Å²) < 4.78 is 0. The molecular formula is C59H37N3S. The third-order valence-electron chi connectivity index (χ3n) is 12.2. The molecule has 4 heteroatoms. The lowest BCUT2D eigenvalue weighted by Crippen LogP contribution is -2.02. The zero-order chi connectivity index (χ0) is 41.7. The maximum absolute atomic E-state index is 5.47. The maximum Gasteiger partial charge on any atom is 0.164 e. The van der Waals surface area contributed by atoms with Crippen molar-refractivity contribution in [3.8, 4) is 78.0 Å². The molecule has 0 aliphatic rings. The third-order valence-corrected chi connectivity index (χ3v) is 13.2. The number of aromatic nitrogens is 3. The molecule has 10 aromatic carbocycles. The van der Waals surface area contributed by atoms with Crippen molar-refractivity contribution in [2.24, 2.45) is 0 Å². The summed E-state index contributed by atoms with van der Waals surface area (Å²) >= 11 is 1.78. The predicted molar refractivity (Wildman–Crippen MR) is 266 cm³/mol. The van der Waals surface area contributed by atoms with Crippen LogP contribution in [0.2, 0.25) is 0 Å². The highest BCUT2D eigenvalue weighted by molar-refractivity contribution is 7.15. The van der Waals surface area contributed by atoms with E-state index in [9.17, 15) is 0 Å². The minimum Gasteiger partial charge on any atom is -0.208 e. The molecule has 0 radical (unpaired) electrons. The highest BCUT2D eigenvalue weighted by Gasteiger charge is 2.20. The molecular weight excluding hydrogens is 783 g/mol. The number of benzene rings is 10. The van der Waals surface area contributed by atoms with Crippen molar-refractivity contribution in [1.82, 2.24) is 15.0 Å². The lowest BCUT2D eigenvalue weighted by molar-refractivity contribution is 1.08. The smallest absolute Gasteiger partial charge is 0.164 e. The molecule has 0 atom stereocenters. The Bertz CT molecular complexity index is 3690. The molecule has 63 heavy (non-hydrogen) atoms. The van der Waals surface area contributed by atoms with Gasteiger partial charge >= 0.3 is 0 Å². The Labute approximate surface area is 369 Å². The number of rotatable bonds is 7. The number of hydrogen-bond acceptors (Lipinski definition) is 4. The Kier molecular flexibility index (Phi) is 9.02. The highest BCUT2D eigenvalue weighted by atomic mass is 32.1. The van der Waals surface area contributed by atoms with Crippen LogP contribution >= 0.6 is 11.3 Å². The Morgan fingerprint density at radius 3 is 1.44 bits per heavy atom. The molecule has 0 aliphatic carbocycles. The molecule has 0 saturated heterocycles. The van der Waals surface area contributed by atoms with Crippen LogP contribution in [0.25, 0.3) is 121 Å². The normalized spacial score (nSPS) is 11.5. The van der Waals surface area contributed by atoms with Crippen molar-refractivity contribution in [3.63, 3.8) is 0 Å². The highest BCUT2D eigenvalue weighted by Crippen LogP contribution is 2.42. The van der Waals surface area contributed by atoms with E-state index in [1.165, 1.54) is 37.5 Å². The van der Waals surface area contributed by atoms with Gasteiger partial charge in [0.25, 0.3) is 0 Å². The van der Waals surface area contributed by atoms with Gasteiger partial charge in [-0.05, 0) is 112 Å². The lowest BCUT2D eigenvalue weighted by atomic mass is 9.91. The molecule has 0 bridgehead atoms. The monoisotopic (exact) mass is 819 g/mol. The van der Waals surface area contributed by atoms with Crippen LogP contribution in [0.1, 0.15) is 0 Å². The fourth-order valence-electron chi connectivity index (χ4n) is 9.12. The molecule has 3 nitrogen and oxygen atoms in total. The molecule has 0 unspecified atom stereocenters. The van der Waals surface area contributed by atoms with Crippen LogP contribution in [-0.4, -0.2) is 15.0 Å². The number of fused-ring (bicyclic) bond motifs is 4. The molecule has 2 heterocycles. The maximum atomic E-state index is 5.47. The van der Waals surface area contributed by atoms with Crippen molar-refractivity contribution >= 4 is 54.4 Å². The predicted octanol–water partition coefficient (Wildman–Crippen LogP) is 16.2. The van der Waals surface area contributed by atoms with Gasteiger partial charge < -0.3 is 0 Å². The van der Waals surface area contributed by atoms with Gasteiger partial charge in [-0.3, -0.25) is 0 Å². The van der Waals surface area contributed by atoms with Crippen molar-refractivity contribution < 1.29 is 0 Å². The fraction of sp³-hybridized carbons (Fsp3) is 0. The molecule has 0 N–H and O–H groups in total. The molecule has 12 rings (SSSR count). The van der Waals surface area contributed by atoms with Crippen molar-refractivity contribution in [2.75, 3.05) is 0 Å². The number of hydrogen-bond donors (Lipinski definition) is 0. The third kappa shape index (κ3) is 6.65. The van der Waals surface area contributed by atoms with E-state index in [2.05, 4.69) is 224 Å². The Hall–Kier alpha value is -8.05. The van der Waals surface area contributed by atoms with Gasteiger partial charge in [0.1, 0.15) is 0 Å². The molecule has 0 amide bonds. The van der Waals surface area contributed by atoms with Gasteiger partial charge in [0.2, 0.25) is 0 Å². The second kappa shape index (κ2) is 15.4. The van der Waals surface area contributed by atoms with Gasteiger partial charge in [0, 0.05) is 27.0 Å². The van der Waals surface area contributed by atoms with Gasteiger partial charge in [-0.2, -0.15) is 0 Å². The average Bonchev–Trinajstić information content (AvgIpc) is 3.80. The SMILES string of the molecule is c1ccc(-c2cc3ccccc3cc2-c2nc(-c3cccc(-c4ccc(-c5ccccc5)c5ccccc45)c3)nc(-c3cc(-c4scc5ccccc45)cc4ccccc34)n2)cc1. The minimum absolute atomic E-state index is 0.616. The quantitative estimate of drug-likeness (QED) is 0.161. The van der Waals surface area contributed by atoms with E-state index in [0.717, 1.165) is 66.1 Å². The van der Waals surface area contributed by atoms with Crippen LogP contribution in [0.4, 0.5) is 0 Å². The standard InChI is InChI=1S/C59H37N3S/c1-3-16-38(17-4-1)48-30-31-49(52-29-14-13-28-51(48)52)43-24-15-25-44(32-43)57-60-58(54-36-46(33-42-22-9-11-26-47(42)54)56-50-27-12-10-23-45(50)37-63-56)62-59(61-57)55-35-41-21-8-7-20-40(41)34-53(55)39-18-5-2-6-19-39/h1-37H. The van der Waals surface area contributed by atoms with Crippen LogP contribution in [0.3, 0.4) is 0 Å². The summed E-state index contributed by atoms with van der Waals surface area (Å²) in [5, 5.41) is 11.6. The molecule has 0 spiro atoms. The first-order valence-corrected chi connectivity index (χ1v) is 22.1. The van der Waals surface area contributed by atoms with Gasteiger partial charge in [0.15, 0.2) is 17.5 Å². The zero-order valence-corrected chi connectivity index (χ0v) is 34.9. The van der Waals surface area contributed by atoms with E-state index in [1.54, 1.807) is 11.3 Å². The van der Waals surface area contributed by atoms with E-state index in [0.29, 0.717) is 17.5 Å². The van der Waals surface area contributed by atoms with Gasteiger partial charge in [0.05, 0.1) is 0 Å². The van der Waals surface area contributed by atoms with Crippen LogP contribution in [0, 0.1) is 0 Å². The van der Waals surface area contributed by atoms with E-state index in [4.69, 9.17) is 15.0 Å². The number of nitrogens with zero attached hydrogens (tertiary/aromatic N) is 3. The minimum atomic E-state index is 0.616. The lowest BCUT2D eigenvalue weighted by Gasteiger charge is -2.16. The zero-order valence-electron chi connectivity index (χ0n) is 34.1. The van der Waals surface area contributed by atoms with Crippen molar-refractivity contribution in [2.45, 2.75) is 0 Å². The Morgan fingerprint density at radius 1 is 0.254 bits per heavy atom. The topological polar surface area (TPSA) is 38.7 Å². The number of thiophene rings is 1. The molecule has 2 aromatic heterocycles. The molecule has 0 fully saturated rings. The van der Waals surface area contributed by atoms with Crippen molar-refractivity contribution in [3.05, 3.63) is 224 Å². The van der Waals surface area contributed by atoms with E-state index in [-0.39, 0.29) is 0 Å². The van der Waals surface area contributed by atoms with Crippen LogP contribution < -0.4 is 0 Å². The van der Waals surface area contributed by atoms with E-state index >= 15 is 0 Å². The summed E-state index contributed by atoms with van der Waals surface area (Å²) in [5.41, 5.74) is 10.8. The van der Waals surface area contributed by atoms with Gasteiger partial charge in [-0.1, -0.05) is 188 Å². The van der Waals surface area contributed by atoms with Crippen LogP contribution in [0.15, 0.2) is 224 Å². The van der Waals surface area contributed by atoms with Gasteiger partial charge in [-0.25, -0.2) is 15.0 Å². The second-order valence-corrected chi connectivity index (χ2v) is 16.8. The van der Waals surface area contributed by atoms with Crippen molar-refractivity contribution in [1.29, 1.82) is 0 Å². The first-order valence-electron chi connectivity index (χ1n) is 21.2. The first kappa shape index (κ1) is 36.8. The summed E-state index contributed by atoms with van der Waals surface area (Å²) in [6, 6.07) is 77.9. The summed E-state index contributed by atoms with van der Waals surface area (Å²) in [7, 11) is 0. The summed E-state index contributed by atoms with van der Waals surface area (Å²) in [4.78, 5) is 17.5. The summed E-state index contributed by atoms with van der Waals surface area (Å²) in [6.45, 7) is 0.